The first-order valence-electron chi connectivity index (χ1n) is 10.7. The Hall–Kier alpha value is -3.74. The van der Waals surface area contributed by atoms with Gasteiger partial charge in [-0.05, 0) is 49.7 Å². The fourth-order valence-electron chi connectivity index (χ4n) is 3.89. The highest BCUT2D eigenvalue weighted by molar-refractivity contribution is 5.97. The van der Waals surface area contributed by atoms with Gasteiger partial charge in [0.2, 0.25) is 17.8 Å². The zero-order valence-electron chi connectivity index (χ0n) is 18.6. The Morgan fingerprint density at radius 2 is 1.72 bits per heavy atom. The molecule has 1 saturated heterocycles. The Kier molecular flexibility index (Phi) is 6.16. The highest BCUT2D eigenvalue weighted by Gasteiger charge is 2.34. The molecule has 1 aliphatic heterocycles. The lowest BCUT2D eigenvalue weighted by Crippen LogP contribution is -2.28. The van der Waals surface area contributed by atoms with Crippen molar-refractivity contribution < 1.29 is 9.59 Å². The topological polar surface area (TPSA) is 78.4 Å². The molecule has 1 N–H and O–H groups in total. The van der Waals surface area contributed by atoms with Gasteiger partial charge in [-0.25, -0.2) is 9.97 Å². The summed E-state index contributed by atoms with van der Waals surface area (Å²) in [6.07, 6.45) is 0.240. The van der Waals surface area contributed by atoms with Gasteiger partial charge in [-0.15, -0.1) is 0 Å². The second-order valence-corrected chi connectivity index (χ2v) is 8.21. The lowest BCUT2D eigenvalue weighted by Gasteiger charge is -2.19. The minimum absolute atomic E-state index is 0.0134. The number of anilines is 3. The molecule has 1 aromatic heterocycles. The van der Waals surface area contributed by atoms with E-state index in [4.69, 9.17) is 0 Å². The number of hydrogen-bond acceptors (Lipinski definition) is 5. The van der Waals surface area contributed by atoms with Crippen LogP contribution in [0.1, 0.15) is 23.4 Å². The number of aromatic nitrogens is 2. The summed E-state index contributed by atoms with van der Waals surface area (Å²) in [5.41, 5.74) is 4.50. The van der Waals surface area contributed by atoms with E-state index in [9.17, 15) is 9.59 Å². The third kappa shape index (κ3) is 4.94. The number of carbonyl (C=O) groups is 2. The summed E-state index contributed by atoms with van der Waals surface area (Å²) in [5, 5.41) is 2.95. The summed E-state index contributed by atoms with van der Waals surface area (Å²) in [4.78, 5) is 37.8. The molecule has 0 saturated carbocycles. The summed E-state index contributed by atoms with van der Waals surface area (Å²) in [6, 6.07) is 19.3. The first kappa shape index (κ1) is 21.5. The summed E-state index contributed by atoms with van der Waals surface area (Å²) in [7, 11) is 1.91. The second kappa shape index (κ2) is 9.18. The highest BCUT2D eigenvalue weighted by atomic mass is 16.2. The van der Waals surface area contributed by atoms with Gasteiger partial charge in [-0.3, -0.25) is 9.59 Å². The number of rotatable bonds is 6. The second-order valence-electron chi connectivity index (χ2n) is 8.21. The van der Waals surface area contributed by atoms with Gasteiger partial charge in [-0.1, -0.05) is 30.3 Å². The SMILES string of the molecule is Cc1cc(C)nc(N(C)c2ccc(NC(=O)C3CC(=O)N(Cc4ccccc4)C3)cc2)n1. The first-order valence-corrected chi connectivity index (χ1v) is 10.7. The van der Waals surface area contributed by atoms with Gasteiger partial charge in [0.1, 0.15) is 0 Å². The monoisotopic (exact) mass is 429 g/mol. The molecule has 1 fully saturated rings. The number of hydrogen-bond donors (Lipinski definition) is 1. The van der Waals surface area contributed by atoms with E-state index in [1.54, 1.807) is 4.90 Å². The number of amides is 2. The lowest BCUT2D eigenvalue weighted by molar-refractivity contribution is -0.128. The van der Waals surface area contributed by atoms with E-state index in [0.717, 1.165) is 22.6 Å². The molecular weight excluding hydrogens is 402 g/mol. The van der Waals surface area contributed by atoms with E-state index in [2.05, 4.69) is 15.3 Å². The fraction of sp³-hybridized carbons (Fsp3) is 0.280. The summed E-state index contributed by atoms with van der Waals surface area (Å²) in [5.74, 6) is 0.159. The van der Waals surface area contributed by atoms with Crippen molar-refractivity contribution >= 4 is 29.1 Å². The van der Waals surface area contributed by atoms with Crippen LogP contribution >= 0.6 is 0 Å². The Morgan fingerprint density at radius 1 is 1.06 bits per heavy atom. The van der Waals surface area contributed by atoms with E-state index in [-0.39, 0.29) is 24.2 Å². The number of nitrogens with zero attached hydrogens (tertiary/aromatic N) is 4. The predicted octanol–water partition coefficient (Wildman–Crippen LogP) is 3.85. The van der Waals surface area contributed by atoms with Gasteiger partial charge in [-0.2, -0.15) is 0 Å². The molecule has 1 aliphatic rings. The Bertz CT molecular complexity index is 1090. The smallest absolute Gasteiger partial charge is 0.230 e. The summed E-state index contributed by atoms with van der Waals surface area (Å²) in [6.45, 7) is 4.86. The van der Waals surface area contributed by atoms with Crippen molar-refractivity contribution in [3.05, 3.63) is 77.6 Å². The molecule has 0 radical (unpaired) electrons. The molecule has 164 valence electrons. The van der Waals surface area contributed by atoms with Crippen LogP contribution in [-0.2, 0) is 16.1 Å². The molecular formula is C25H27N5O2. The Balaban J connectivity index is 1.37. The highest BCUT2D eigenvalue weighted by Crippen LogP contribution is 2.25. The van der Waals surface area contributed by atoms with E-state index < -0.39 is 0 Å². The minimum Gasteiger partial charge on any atom is -0.338 e. The van der Waals surface area contributed by atoms with Crippen molar-refractivity contribution in [2.45, 2.75) is 26.8 Å². The third-order valence-corrected chi connectivity index (χ3v) is 5.59. The predicted molar refractivity (Wildman–Crippen MR) is 125 cm³/mol. The van der Waals surface area contributed by atoms with Crippen molar-refractivity contribution in [1.82, 2.24) is 14.9 Å². The van der Waals surface area contributed by atoms with Gasteiger partial charge in [0.15, 0.2) is 0 Å². The van der Waals surface area contributed by atoms with Gasteiger partial charge >= 0.3 is 0 Å². The zero-order valence-corrected chi connectivity index (χ0v) is 18.6. The average molecular weight is 430 g/mol. The zero-order chi connectivity index (χ0) is 22.7. The van der Waals surface area contributed by atoms with Gasteiger partial charge in [0, 0.05) is 49.3 Å². The molecule has 2 heterocycles. The molecule has 7 nitrogen and oxygen atoms in total. The molecule has 7 heteroatoms. The maximum Gasteiger partial charge on any atom is 0.230 e. The molecule has 1 atom stereocenters. The fourth-order valence-corrected chi connectivity index (χ4v) is 3.89. The van der Waals surface area contributed by atoms with Crippen LogP contribution in [0, 0.1) is 19.8 Å². The maximum absolute atomic E-state index is 12.8. The largest absolute Gasteiger partial charge is 0.338 e. The van der Waals surface area contributed by atoms with Crippen LogP contribution in [0.15, 0.2) is 60.7 Å². The van der Waals surface area contributed by atoms with Crippen LogP contribution in [0.5, 0.6) is 0 Å². The number of aryl methyl sites for hydroxylation is 2. The third-order valence-electron chi connectivity index (χ3n) is 5.59. The maximum atomic E-state index is 12.8. The van der Waals surface area contributed by atoms with Crippen molar-refractivity contribution in [3.63, 3.8) is 0 Å². The van der Waals surface area contributed by atoms with E-state index in [1.807, 2.05) is 86.5 Å². The van der Waals surface area contributed by atoms with E-state index >= 15 is 0 Å². The van der Waals surface area contributed by atoms with Crippen molar-refractivity contribution in [2.24, 2.45) is 5.92 Å². The normalized spacial score (nSPS) is 15.7. The van der Waals surface area contributed by atoms with E-state index in [0.29, 0.717) is 24.7 Å². The summed E-state index contributed by atoms with van der Waals surface area (Å²) >= 11 is 0. The standard InChI is InChI=1S/C25H27N5O2/c1-17-13-18(2)27-25(26-17)29(3)22-11-9-21(10-12-22)28-24(32)20-14-23(31)30(16-20)15-19-7-5-4-6-8-19/h4-13,20H,14-16H2,1-3H3,(H,28,32). The molecule has 0 bridgehead atoms. The van der Waals surface area contributed by atoms with Crippen molar-refractivity contribution in [3.8, 4) is 0 Å². The van der Waals surface area contributed by atoms with Gasteiger partial charge in [0.05, 0.1) is 5.92 Å². The van der Waals surface area contributed by atoms with Crippen LogP contribution in [0.25, 0.3) is 0 Å². The lowest BCUT2D eigenvalue weighted by atomic mass is 10.1. The molecule has 32 heavy (non-hydrogen) atoms. The Morgan fingerprint density at radius 3 is 2.38 bits per heavy atom. The molecule has 1 unspecified atom stereocenters. The van der Waals surface area contributed by atoms with Crippen LogP contribution in [0.3, 0.4) is 0 Å². The minimum atomic E-state index is -0.350. The van der Waals surface area contributed by atoms with Crippen LogP contribution in [-0.4, -0.2) is 40.3 Å². The number of nitrogens with one attached hydrogen (secondary N) is 1. The van der Waals surface area contributed by atoms with Crippen LogP contribution in [0.2, 0.25) is 0 Å². The molecule has 2 aromatic carbocycles. The van der Waals surface area contributed by atoms with Crippen molar-refractivity contribution in [1.29, 1.82) is 0 Å². The quantitative estimate of drug-likeness (QED) is 0.644. The van der Waals surface area contributed by atoms with Gasteiger partial charge in [0.25, 0.3) is 0 Å². The molecule has 3 aromatic rings. The molecule has 4 rings (SSSR count). The Labute approximate surface area is 188 Å². The number of carbonyl (C=O) groups excluding carboxylic acids is 2. The summed E-state index contributed by atoms with van der Waals surface area (Å²) < 4.78 is 0. The molecule has 0 aliphatic carbocycles. The first-order chi connectivity index (χ1) is 15.4. The molecule has 2 amide bonds. The molecule has 0 spiro atoms. The average Bonchev–Trinajstić information content (AvgIpc) is 3.14. The van der Waals surface area contributed by atoms with Crippen LogP contribution in [0.4, 0.5) is 17.3 Å². The van der Waals surface area contributed by atoms with Gasteiger partial charge < -0.3 is 15.1 Å². The van der Waals surface area contributed by atoms with Crippen molar-refractivity contribution in [2.75, 3.05) is 23.8 Å². The van der Waals surface area contributed by atoms with E-state index in [1.165, 1.54) is 0 Å². The number of benzene rings is 2. The number of likely N-dealkylation sites (tertiary alicyclic amines) is 1. The van der Waals surface area contributed by atoms with Crippen LogP contribution < -0.4 is 10.2 Å².